The fourth-order valence-electron chi connectivity index (χ4n) is 5.63. The van der Waals surface area contributed by atoms with Crippen molar-refractivity contribution in [3.05, 3.63) is 70.5 Å². The molecule has 2 unspecified atom stereocenters. The molecule has 0 radical (unpaired) electrons. The number of fused-ring (bicyclic) bond motifs is 3. The summed E-state index contributed by atoms with van der Waals surface area (Å²) in [5.41, 5.74) is -7.38. The van der Waals surface area contributed by atoms with Crippen LogP contribution in [0.25, 0.3) is 0 Å². The number of nitrogens with zero attached hydrogens (tertiary/aromatic N) is 1. The molecule has 1 saturated heterocycles. The van der Waals surface area contributed by atoms with Crippen molar-refractivity contribution in [1.29, 1.82) is 0 Å². The Bertz CT molecular complexity index is 1190. The molecule has 0 spiro atoms. The van der Waals surface area contributed by atoms with Crippen LogP contribution < -0.4 is 0 Å². The monoisotopic (exact) mass is 535 g/mol. The average Bonchev–Trinajstić information content (AvgIpc) is 3.17. The van der Waals surface area contributed by atoms with Crippen LogP contribution in [0.15, 0.2) is 42.5 Å². The lowest BCUT2D eigenvalue weighted by Gasteiger charge is -2.45. The molecule has 37 heavy (non-hydrogen) atoms. The molecule has 2 aromatic carbocycles. The van der Waals surface area contributed by atoms with Gasteiger partial charge >= 0.3 is 12.4 Å². The van der Waals surface area contributed by atoms with Crippen LogP contribution in [-0.4, -0.2) is 46.5 Å². The van der Waals surface area contributed by atoms with Crippen LogP contribution in [0.3, 0.4) is 0 Å². The number of hydrogen-bond donors (Lipinski definition) is 1. The van der Waals surface area contributed by atoms with Crippen molar-refractivity contribution in [3.63, 3.8) is 0 Å². The smallest absolute Gasteiger partial charge is 0.373 e. The molecule has 1 amide bonds. The third-order valence-corrected chi connectivity index (χ3v) is 7.88. The van der Waals surface area contributed by atoms with Gasteiger partial charge in [-0.1, -0.05) is 30.3 Å². The number of likely N-dealkylation sites (tertiary alicyclic amines) is 1. The van der Waals surface area contributed by atoms with E-state index < -0.39 is 52.4 Å². The average molecular weight is 535 g/mol. The van der Waals surface area contributed by atoms with Crippen molar-refractivity contribution >= 4 is 5.91 Å². The quantitative estimate of drug-likeness (QED) is 0.495. The van der Waals surface area contributed by atoms with Crippen molar-refractivity contribution in [2.45, 2.75) is 74.6 Å². The molecule has 1 fully saturated rings. The Balaban J connectivity index is 1.81. The van der Waals surface area contributed by atoms with E-state index in [1.807, 2.05) is 0 Å². The van der Waals surface area contributed by atoms with Gasteiger partial charge in [0, 0.05) is 18.0 Å². The van der Waals surface area contributed by atoms with E-state index in [0.717, 1.165) is 17.0 Å². The van der Waals surface area contributed by atoms with Crippen LogP contribution in [0, 0.1) is 5.82 Å². The first-order valence-electron chi connectivity index (χ1n) is 11.7. The van der Waals surface area contributed by atoms with E-state index in [4.69, 9.17) is 0 Å². The molecule has 2 aliphatic rings. The number of carbonyl (C=O) groups excluding carboxylic acids is 1. The molecule has 4 atom stereocenters. The summed E-state index contributed by atoms with van der Waals surface area (Å²) in [5, 5.41) is 10.1. The number of rotatable bonds is 4. The molecule has 1 aliphatic heterocycles. The molecule has 4 rings (SSSR count). The Labute approximate surface area is 208 Å². The Kier molecular flexibility index (Phi) is 6.41. The minimum absolute atomic E-state index is 0.0882. The highest BCUT2D eigenvalue weighted by atomic mass is 19.4. The zero-order valence-corrected chi connectivity index (χ0v) is 20.0. The number of halogens is 8. The van der Waals surface area contributed by atoms with Gasteiger partial charge in [-0.25, -0.2) is 8.78 Å². The summed E-state index contributed by atoms with van der Waals surface area (Å²) in [7, 11) is 0. The van der Waals surface area contributed by atoms with Crippen LogP contribution in [0.4, 0.5) is 35.1 Å². The van der Waals surface area contributed by atoms with Crippen LogP contribution in [0.2, 0.25) is 0 Å². The summed E-state index contributed by atoms with van der Waals surface area (Å²) in [5.74, 6) is -2.02. The Hall–Kier alpha value is -2.69. The molecular formula is C26H25F8NO2. The maximum Gasteiger partial charge on any atom is 0.426 e. The van der Waals surface area contributed by atoms with Crippen LogP contribution in [-0.2, 0) is 28.7 Å². The third-order valence-electron chi connectivity index (χ3n) is 7.88. The van der Waals surface area contributed by atoms with E-state index in [-0.39, 0.29) is 32.2 Å². The second-order valence-electron chi connectivity index (χ2n) is 10.2. The molecular weight excluding hydrogens is 510 g/mol. The number of aliphatic hydroxyl groups is 1. The molecule has 3 nitrogen and oxygen atoms in total. The minimum Gasteiger partial charge on any atom is -0.373 e. The van der Waals surface area contributed by atoms with Gasteiger partial charge in [-0.15, -0.1) is 0 Å². The topological polar surface area (TPSA) is 40.5 Å². The van der Waals surface area contributed by atoms with Crippen LogP contribution in [0.1, 0.15) is 48.9 Å². The van der Waals surface area contributed by atoms with Gasteiger partial charge < -0.3 is 10.0 Å². The maximum atomic E-state index is 14.7. The molecule has 202 valence electrons. The molecule has 0 bridgehead atoms. The fourth-order valence-corrected chi connectivity index (χ4v) is 5.63. The molecule has 0 saturated carbocycles. The fraction of sp³-hybridized carbons (Fsp3) is 0.500. The standard InChI is InChI=1S/C26H25F8NO2/c1-22(28,25(29,30)31)17-6-9-19-16(13-17)5-10-20-24(19,14-15-3-7-18(27)8-4-15)11-12-35(20)21(36)23(2,37)26(32,33)34/h3-4,6-9,13,20,37H,5,10-12,14H2,1-2H3/t20-,22?,23?,24-/m1/s1. The number of hydrogen-bond acceptors (Lipinski definition) is 2. The van der Waals surface area contributed by atoms with Crippen molar-refractivity contribution < 1.29 is 45.0 Å². The molecule has 1 aliphatic carbocycles. The predicted molar refractivity (Wildman–Crippen MR) is 118 cm³/mol. The van der Waals surface area contributed by atoms with Gasteiger partial charge in [0.2, 0.25) is 11.3 Å². The van der Waals surface area contributed by atoms with E-state index in [2.05, 4.69) is 0 Å². The Morgan fingerprint density at radius 1 is 1.00 bits per heavy atom. The SMILES string of the molecule is CC(O)(C(=O)N1CC[C@@]2(Cc3ccc(F)cc3)c3ccc(C(C)(F)C(F)(F)F)cc3CC[C@@H]12)C(F)(F)F. The largest absolute Gasteiger partial charge is 0.426 e. The van der Waals surface area contributed by atoms with Crippen molar-refractivity contribution in [2.24, 2.45) is 0 Å². The summed E-state index contributed by atoms with van der Waals surface area (Å²) in [6, 6.07) is 8.05. The molecule has 2 aromatic rings. The normalized spacial score (nSPS) is 25.2. The summed E-state index contributed by atoms with van der Waals surface area (Å²) >= 11 is 0. The second kappa shape index (κ2) is 8.68. The highest BCUT2D eigenvalue weighted by Gasteiger charge is 2.62. The Morgan fingerprint density at radius 2 is 1.62 bits per heavy atom. The number of aryl methyl sites for hydroxylation is 1. The zero-order valence-electron chi connectivity index (χ0n) is 20.0. The van der Waals surface area contributed by atoms with Crippen LogP contribution in [0.5, 0.6) is 0 Å². The number of alkyl halides is 7. The maximum absolute atomic E-state index is 14.7. The van der Waals surface area contributed by atoms with Gasteiger partial charge in [-0.2, -0.15) is 26.3 Å². The van der Waals surface area contributed by atoms with Gasteiger partial charge in [-0.05, 0) is 73.9 Å². The third kappa shape index (κ3) is 4.38. The van der Waals surface area contributed by atoms with E-state index in [0.29, 0.717) is 30.5 Å². The van der Waals surface area contributed by atoms with E-state index in [9.17, 15) is 45.0 Å². The predicted octanol–water partition coefficient (Wildman–Crippen LogP) is 5.91. The summed E-state index contributed by atoms with van der Waals surface area (Å²) in [4.78, 5) is 13.9. The summed E-state index contributed by atoms with van der Waals surface area (Å²) in [6.45, 7) is 0.670. The molecule has 1 heterocycles. The van der Waals surface area contributed by atoms with Crippen molar-refractivity contribution in [3.8, 4) is 0 Å². The van der Waals surface area contributed by atoms with Crippen LogP contribution >= 0.6 is 0 Å². The van der Waals surface area contributed by atoms with E-state index in [1.54, 1.807) is 0 Å². The second-order valence-corrected chi connectivity index (χ2v) is 10.2. The van der Waals surface area contributed by atoms with E-state index in [1.165, 1.54) is 30.3 Å². The minimum atomic E-state index is -5.23. The van der Waals surface area contributed by atoms with E-state index >= 15 is 0 Å². The molecule has 1 N–H and O–H groups in total. The summed E-state index contributed by atoms with van der Waals surface area (Å²) < 4.78 is 109. The van der Waals surface area contributed by atoms with Gasteiger partial charge in [0.15, 0.2) is 0 Å². The number of benzene rings is 2. The van der Waals surface area contributed by atoms with Gasteiger partial charge in [-0.3, -0.25) is 4.79 Å². The molecule has 0 aromatic heterocycles. The lowest BCUT2D eigenvalue weighted by molar-refractivity contribution is -0.250. The van der Waals surface area contributed by atoms with Crippen molar-refractivity contribution in [2.75, 3.05) is 6.54 Å². The molecule has 11 heteroatoms. The lowest BCUT2D eigenvalue weighted by atomic mass is 9.63. The highest BCUT2D eigenvalue weighted by molar-refractivity contribution is 5.86. The van der Waals surface area contributed by atoms with Gasteiger partial charge in [0.05, 0.1) is 0 Å². The first-order chi connectivity index (χ1) is 16.9. The zero-order chi connectivity index (χ0) is 27.6. The van der Waals surface area contributed by atoms with Crippen molar-refractivity contribution in [1.82, 2.24) is 4.90 Å². The first kappa shape index (κ1) is 27.3. The van der Waals surface area contributed by atoms with Gasteiger partial charge in [0.1, 0.15) is 5.82 Å². The summed E-state index contributed by atoms with van der Waals surface area (Å²) in [6.07, 6.45) is -9.92. The number of carbonyl (C=O) groups is 1. The number of amides is 1. The van der Waals surface area contributed by atoms with Gasteiger partial charge in [0.25, 0.3) is 5.91 Å². The first-order valence-corrected chi connectivity index (χ1v) is 11.7. The highest BCUT2D eigenvalue weighted by Crippen LogP contribution is 2.51. The Morgan fingerprint density at radius 3 is 2.19 bits per heavy atom. The lowest BCUT2D eigenvalue weighted by Crippen LogP contribution is -2.59.